The van der Waals surface area contributed by atoms with Crippen molar-refractivity contribution in [3.8, 4) is 28.3 Å². The number of benzene rings is 1. The summed E-state index contributed by atoms with van der Waals surface area (Å²) in [4.78, 5) is 31.8. The molecule has 0 saturated heterocycles. The van der Waals surface area contributed by atoms with Gasteiger partial charge in [-0.05, 0) is 56.2 Å². The van der Waals surface area contributed by atoms with Crippen LogP contribution in [0.4, 0.5) is 11.6 Å². The molecule has 220 valence electrons. The van der Waals surface area contributed by atoms with Crippen molar-refractivity contribution >= 4 is 35.0 Å². The normalized spacial score (nSPS) is 13.4. The molecule has 1 fully saturated rings. The molecule has 0 spiro atoms. The lowest BCUT2D eigenvalue weighted by molar-refractivity contribution is -0.120. The van der Waals surface area contributed by atoms with E-state index in [1.165, 1.54) is 6.42 Å². The fourth-order valence-electron chi connectivity index (χ4n) is 5.24. The highest BCUT2D eigenvalue weighted by Gasteiger charge is 2.23. The monoisotopic (exact) mass is 577 g/mol. The van der Waals surface area contributed by atoms with Crippen molar-refractivity contribution in [2.45, 2.75) is 39.0 Å². The lowest BCUT2D eigenvalue weighted by Gasteiger charge is -2.20. The van der Waals surface area contributed by atoms with E-state index in [4.69, 9.17) is 26.4 Å². The minimum absolute atomic E-state index is 0.0513. The van der Waals surface area contributed by atoms with Crippen LogP contribution in [0.2, 0.25) is 0 Å². The quantitative estimate of drug-likeness (QED) is 0.0848. The number of imidazole rings is 1. The molecular formula is C31H35N11O. The highest BCUT2D eigenvalue weighted by molar-refractivity contribution is 5.92. The third kappa shape index (κ3) is 6.60. The van der Waals surface area contributed by atoms with Crippen molar-refractivity contribution in [2.75, 3.05) is 11.1 Å². The fraction of sp³-hybridized carbons (Fsp3) is 0.226. The molecule has 6 rings (SSSR count). The summed E-state index contributed by atoms with van der Waals surface area (Å²) in [5.74, 6) is 6.28. The van der Waals surface area contributed by atoms with E-state index in [-0.39, 0.29) is 11.8 Å². The molecule has 1 saturated carbocycles. The van der Waals surface area contributed by atoms with Gasteiger partial charge in [-0.1, -0.05) is 49.6 Å². The van der Waals surface area contributed by atoms with Crippen LogP contribution < -0.4 is 28.2 Å². The number of nitrogens with zero attached hydrogens (tertiary/aromatic N) is 6. The van der Waals surface area contributed by atoms with E-state index in [1.54, 1.807) is 6.20 Å². The standard InChI is InChI=1S/C30H29N7O.CH6N4/c1-19-25(16-17-26(33-19)36-30(38)21-11-6-3-7-12-21)37-28(22-13-8-18-32-27(22)31)35-24-15-14-23(34-29(24)37)20-9-4-2-5-10-20;2-1-4-5-3/h2,4-5,8-10,13-18,21H,3,6-7,11-12H2,1H3,(H2,31,32)(H,33,36,38);1,5H,3H2,(H2,2,4). The Kier molecular flexibility index (Phi) is 9.17. The molecule has 12 nitrogen and oxygen atoms in total. The number of rotatable bonds is 6. The molecule has 12 heteroatoms. The van der Waals surface area contributed by atoms with Gasteiger partial charge in [0.05, 0.1) is 22.6 Å². The molecule has 4 aromatic heterocycles. The van der Waals surface area contributed by atoms with Gasteiger partial charge >= 0.3 is 0 Å². The molecule has 5 aromatic rings. The molecular weight excluding hydrogens is 542 g/mol. The molecule has 43 heavy (non-hydrogen) atoms. The van der Waals surface area contributed by atoms with Gasteiger partial charge in [-0.25, -0.2) is 31.3 Å². The van der Waals surface area contributed by atoms with Gasteiger partial charge in [0.2, 0.25) is 5.91 Å². The first-order chi connectivity index (χ1) is 21.0. The van der Waals surface area contributed by atoms with Crippen LogP contribution in [0.15, 0.2) is 78.0 Å². The molecule has 1 aromatic carbocycles. The molecule has 1 aliphatic rings. The van der Waals surface area contributed by atoms with Crippen LogP contribution in [0.1, 0.15) is 37.8 Å². The first kappa shape index (κ1) is 29.1. The number of hydrogen-bond donors (Lipinski definition) is 5. The number of nitrogen functional groups attached to an aromatic ring is 1. The van der Waals surface area contributed by atoms with Crippen LogP contribution in [0, 0.1) is 12.8 Å². The Bertz CT molecular complexity index is 1730. The Morgan fingerprint density at radius 2 is 1.77 bits per heavy atom. The van der Waals surface area contributed by atoms with Gasteiger partial charge in [0.25, 0.3) is 0 Å². The molecule has 0 aliphatic heterocycles. The molecule has 0 unspecified atom stereocenters. The van der Waals surface area contributed by atoms with Crippen LogP contribution in [0.3, 0.4) is 0 Å². The predicted octanol–water partition coefficient (Wildman–Crippen LogP) is 4.31. The first-order valence-electron chi connectivity index (χ1n) is 14.1. The second-order valence-corrected chi connectivity index (χ2v) is 10.1. The highest BCUT2D eigenvalue weighted by Crippen LogP contribution is 2.33. The van der Waals surface area contributed by atoms with Gasteiger partial charge in [-0.2, -0.15) is 5.10 Å². The summed E-state index contributed by atoms with van der Waals surface area (Å²) in [5, 5.41) is 6.18. The maximum absolute atomic E-state index is 12.8. The summed E-state index contributed by atoms with van der Waals surface area (Å²) in [6.45, 7) is 1.93. The van der Waals surface area contributed by atoms with E-state index >= 15 is 0 Å². The van der Waals surface area contributed by atoms with E-state index in [9.17, 15) is 4.79 Å². The van der Waals surface area contributed by atoms with Crippen LogP contribution in [-0.4, -0.2) is 36.7 Å². The number of aromatic nitrogens is 5. The van der Waals surface area contributed by atoms with Crippen molar-refractivity contribution in [3.05, 3.63) is 78.6 Å². The van der Waals surface area contributed by atoms with E-state index < -0.39 is 0 Å². The van der Waals surface area contributed by atoms with Crippen molar-refractivity contribution in [2.24, 2.45) is 22.6 Å². The zero-order valence-corrected chi connectivity index (χ0v) is 23.9. The number of nitrogens with two attached hydrogens (primary N) is 3. The van der Waals surface area contributed by atoms with E-state index in [0.717, 1.165) is 60.2 Å². The number of anilines is 2. The molecule has 0 bridgehead atoms. The number of fused-ring (bicyclic) bond motifs is 1. The summed E-state index contributed by atoms with van der Waals surface area (Å²) in [6.07, 6.45) is 8.03. The van der Waals surface area contributed by atoms with Gasteiger partial charge in [0.15, 0.2) is 11.5 Å². The van der Waals surface area contributed by atoms with E-state index in [1.807, 2.05) is 83.8 Å². The Morgan fingerprint density at radius 3 is 2.44 bits per heavy atom. The van der Waals surface area contributed by atoms with Crippen molar-refractivity contribution in [1.82, 2.24) is 30.0 Å². The Hall–Kier alpha value is -5.36. The van der Waals surface area contributed by atoms with Gasteiger partial charge in [-0.3, -0.25) is 9.36 Å². The lowest BCUT2D eigenvalue weighted by atomic mass is 9.89. The number of carbonyl (C=O) groups is 1. The summed E-state index contributed by atoms with van der Waals surface area (Å²) in [5.41, 5.74) is 18.5. The zero-order chi connectivity index (χ0) is 30.2. The van der Waals surface area contributed by atoms with Gasteiger partial charge < -0.3 is 16.8 Å². The van der Waals surface area contributed by atoms with Crippen molar-refractivity contribution < 1.29 is 4.79 Å². The van der Waals surface area contributed by atoms with E-state index in [2.05, 4.69) is 21.2 Å². The smallest absolute Gasteiger partial charge is 0.228 e. The Balaban J connectivity index is 0.000000682. The zero-order valence-electron chi connectivity index (χ0n) is 23.9. The van der Waals surface area contributed by atoms with E-state index in [0.29, 0.717) is 28.7 Å². The highest BCUT2D eigenvalue weighted by atomic mass is 16.1. The van der Waals surface area contributed by atoms with Gasteiger partial charge in [0.1, 0.15) is 23.5 Å². The molecule has 0 radical (unpaired) electrons. The summed E-state index contributed by atoms with van der Waals surface area (Å²) in [7, 11) is 0. The number of pyridine rings is 3. The van der Waals surface area contributed by atoms with Gasteiger partial charge in [0, 0.05) is 17.7 Å². The summed E-state index contributed by atoms with van der Waals surface area (Å²) >= 11 is 0. The number of carbonyl (C=O) groups excluding carboxylic acids is 1. The number of nitrogens with one attached hydrogen (secondary N) is 2. The number of aryl methyl sites for hydroxylation is 1. The molecule has 1 amide bonds. The maximum Gasteiger partial charge on any atom is 0.228 e. The summed E-state index contributed by atoms with van der Waals surface area (Å²) in [6, 6.07) is 21.5. The largest absolute Gasteiger partial charge is 0.388 e. The molecule has 4 heterocycles. The maximum atomic E-state index is 12.8. The second-order valence-electron chi connectivity index (χ2n) is 10.1. The Morgan fingerprint density at radius 1 is 0.977 bits per heavy atom. The average molecular weight is 578 g/mol. The molecule has 1 aliphatic carbocycles. The average Bonchev–Trinajstić information content (AvgIpc) is 3.41. The topological polar surface area (TPSA) is 188 Å². The predicted molar refractivity (Wildman–Crippen MR) is 170 cm³/mol. The minimum Gasteiger partial charge on any atom is -0.388 e. The molecule has 8 N–H and O–H groups in total. The SMILES string of the molecule is Cc1nc(NC(=O)C2CCCCC2)ccc1-n1c(-c2cccnc2N)nc2ccc(-c3ccccc3)nc21.N/C=N\NN. The van der Waals surface area contributed by atoms with Crippen LogP contribution in [-0.2, 0) is 4.79 Å². The summed E-state index contributed by atoms with van der Waals surface area (Å²) < 4.78 is 1.98. The second kappa shape index (κ2) is 13.5. The minimum atomic E-state index is 0.0513. The number of amides is 1. The first-order valence-corrected chi connectivity index (χ1v) is 14.1. The third-order valence-electron chi connectivity index (χ3n) is 7.33. The van der Waals surface area contributed by atoms with Gasteiger partial charge in [-0.15, -0.1) is 0 Å². The number of hydrogen-bond acceptors (Lipinski definition) is 9. The van der Waals surface area contributed by atoms with Crippen LogP contribution in [0.5, 0.6) is 0 Å². The Labute approximate surface area is 249 Å². The number of hydrazone groups is 1. The van der Waals surface area contributed by atoms with Crippen LogP contribution in [0.25, 0.3) is 39.5 Å². The molecule has 0 atom stereocenters. The lowest BCUT2D eigenvalue weighted by Crippen LogP contribution is -2.25. The van der Waals surface area contributed by atoms with Crippen LogP contribution >= 0.6 is 0 Å². The number of hydrazine groups is 1. The van der Waals surface area contributed by atoms with Crippen molar-refractivity contribution in [3.63, 3.8) is 0 Å². The third-order valence-corrected chi connectivity index (χ3v) is 7.33. The fourth-order valence-corrected chi connectivity index (χ4v) is 5.24. The van der Waals surface area contributed by atoms with Crippen molar-refractivity contribution in [1.29, 1.82) is 0 Å².